The lowest BCUT2D eigenvalue weighted by molar-refractivity contribution is -0.384. The molecule has 0 fully saturated rings. The highest BCUT2D eigenvalue weighted by Crippen LogP contribution is 2.29. The van der Waals surface area contributed by atoms with Crippen LogP contribution < -0.4 is 21.0 Å². The summed E-state index contributed by atoms with van der Waals surface area (Å²) < 4.78 is 10.9. The minimum atomic E-state index is -0.677. The Morgan fingerprint density at radius 3 is 2.22 bits per heavy atom. The van der Waals surface area contributed by atoms with Gasteiger partial charge in [-0.2, -0.15) is 5.10 Å². The number of fused-ring (bicyclic) bond motifs is 1. The van der Waals surface area contributed by atoms with Gasteiger partial charge in [0.25, 0.3) is 17.5 Å². The van der Waals surface area contributed by atoms with Gasteiger partial charge in [0, 0.05) is 40.8 Å². The van der Waals surface area contributed by atoms with Gasteiger partial charge in [-0.25, -0.2) is 5.43 Å². The van der Waals surface area contributed by atoms with E-state index < -0.39 is 22.6 Å². The van der Waals surface area contributed by atoms with Gasteiger partial charge in [0.05, 0.1) is 17.7 Å². The standard InChI is InChI=1S/C25H23N5O7/c1-14-21-19(26-27-23(31)16-8-12-18(36-2)13-9-16)4-3-5-20(21)37-22(14)25(33)29-28-24(32)15-6-10-17(11-7-15)30(34)35/h6-13H,3-5H2,1-2H3,(H,27,31)(H,28,32)(H,29,33)/b26-19+. The maximum absolute atomic E-state index is 12.7. The number of benzene rings is 2. The second kappa shape index (κ2) is 10.7. The van der Waals surface area contributed by atoms with Gasteiger partial charge in [0.1, 0.15) is 11.5 Å². The lowest BCUT2D eigenvalue weighted by atomic mass is 9.93. The van der Waals surface area contributed by atoms with Crippen molar-refractivity contribution in [3.8, 4) is 5.75 Å². The molecule has 0 bridgehead atoms. The van der Waals surface area contributed by atoms with E-state index in [4.69, 9.17) is 9.15 Å². The largest absolute Gasteiger partial charge is 0.497 e. The topological polar surface area (TPSA) is 165 Å². The number of hydrazine groups is 1. The summed E-state index contributed by atoms with van der Waals surface area (Å²) in [5, 5.41) is 15.0. The molecule has 0 saturated heterocycles. The molecule has 0 saturated carbocycles. The molecule has 0 unspecified atom stereocenters. The number of nitro benzene ring substituents is 1. The van der Waals surface area contributed by atoms with E-state index in [2.05, 4.69) is 21.4 Å². The molecule has 1 heterocycles. The quantitative estimate of drug-likeness (QED) is 0.342. The SMILES string of the molecule is COc1ccc(C(=O)N/N=C2\CCCc3oc(C(=O)NNC(=O)c4ccc([N+](=O)[O-])cc4)c(C)c32)cc1. The van der Waals surface area contributed by atoms with Gasteiger partial charge in [-0.1, -0.05) is 0 Å². The molecule has 1 aliphatic carbocycles. The molecule has 12 heteroatoms. The molecule has 1 aliphatic rings. The van der Waals surface area contributed by atoms with Crippen LogP contribution in [-0.2, 0) is 6.42 Å². The maximum atomic E-state index is 12.7. The number of nitrogens with zero attached hydrogens (tertiary/aromatic N) is 2. The molecule has 0 atom stereocenters. The number of rotatable bonds is 6. The van der Waals surface area contributed by atoms with Crippen molar-refractivity contribution in [2.24, 2.45) is 5.10 Å². The average molecular weight is 505 g/mol. The van der Waals surface area contributed by atoms with Crippen molar-refractivity contribution in [2.45, 2.75) is 26.2 Å². The van der Waals surface area contributed by atoms with Gasteiger partial charge in [0.15, 0.2) is 5.76 Å². The summed E-state index contributed by atoms with van der Waals surface area (Å²) in [6, 6.07) is 11.5. The van der Waals surface area contributed by atoms with E-state index in [-0.39, 0.29) is 17.0 Å². The van der Waals surface area contributed by atoms with E-state index in [0.29, 0.717) is 46.8 Å². The number of nitrogens with one attached hydrogen (secondary N) is 3. The smallest absolute Gasteiger partial charge is 0.305 e. The second-order valence-corrected chi connectivity index (χ2v) is 8.15. The Morgan fingerprint density at radius 2 is 1.57 bits per heavy atom. The highest BCUT2D eigenvalue weighted by atomic mass is 16.6. The Morgan fingerprint density at radius 1 is 0.946 bits per heavy atom. The number of hydrazone groups is 1. The van der Waals surface area contributed by atoms with Gasteiger partial charge in [-0.3, -0.25) is 35.3 Å². The van der Waals surface area contributed by atoms with Crippen LogP contribution in [0.1, 0.15) is 61.0 Å². The number of carbonyl (C=O) groups is 3. The van der Waals surface area contributed by atoms with Crippen LogP contribution in [0.3, 0.4) is 0 Å². The van der Waals surface area contributed by atoms with Gasteiger partial charge in [-0.15, -0.1) is 0 Å². The first-order chi connectivity index (χ1) is 17.8. The van der Waals surface area contributed by atoms with E-state index in [1.54, 1.807) is 31.2 Å². The van der Waals surface area contributed by atoms with E-state index in [1.165, 1.54) is 31.4 Å². The summed E-state index contributed by atoms with van der Waals surface area (Å²) in [6.45, 7) is 1.70. The van der Waals surface area contributed by atoms with Crippen molar-refractivity contribution < 1.29 is 28.5 Å². The van der Waals surface area contributed by atoms with Gasteiger partial charge >= 0.3 is 5.91 Å². The first kappa shape index (κ1) is 25.1. The van der Waals surface area contributed by atoms with Crippen LogP contribution >= 0.6 is 0 Å². The van der Waals surface area contributed by atoms with E-state index in [0.717, 1.165) is 6.42 Å². The number of ether oxygens (including phenoxy) is 1. The molecule has 37 heavy (non-hydrogen) atoms. The highest BCUT2D eigenvalue weighted by Gasteiger charge is 2.28. The van der Waals surface area contributed by atoms with Crippen LogP contribution in [0.15, 0.2) is 58.0 Å². The van der Waals surface area contributed by atoms with Gasteiger partial charge < -0.3 is 9.15 Å². The maximum Gasteiger partial charge on any atom is 0.305 e. The fourth-order valence-electron chi connectivity index (χ4n) is 3.90. The third-order valence-corrected chi connectivity index (χ3v) is 5.81. The number of nitro groups is 1. The minimum Gasteiger partial charge on any atom is -0.497 e. The molecule has 3 amide bonds. The average Bonchev–Trinajstić information content (AvgIpc) is 3.27. The molecule has 12 nitrogen and oxygen atoms in total. The van der Waals surface area contributed by atoms with Crippen LogP contribution in [0.4, 0.5) is 5.69 Å². The Labute approximate surface area is 210 Å². The van der Waals surface area contributed by atoms with Crippen molar-refractivity contribution in [3.05, 3.63) is 92.4 Å². The molecule has 190 valence electrons. The number of carbonyl (C=O) groups excluding carboxylic acids is 3. The molecule has 4 rings (SSSR count). The zero-order valence-electron chi connectivity index (χ0n) is 20.0. The zero-order chi connectivity index (χ0) is 26.5. The number of aryl methyl sites for hydroxylation is 1. The number of furan rings is 1. The fraction of sp³-hybridized carbons (Fsp3) is 0.200. The molecular formula is C25H23N5O7. The number of hydrogen-bond acceptors (Lipinski definition) is 8. The van der Waals surface area contributed by atoms with Crippen molar-refractivity contribution in [3.63, 3.8) is 0 Å². The molecule has 1 aromatic heterocycles. The van der Waals surface area contributed by atoms with E-state index in [9.17, 15) is 24.5 Å². The van der Waals surface area contributed by atoms with Crippen LogP contribution in [0.2, 0.25) is 0 Å². The lowest BCUT2D eigenvalue weighted by Crippen LogP contribution is -2.41. The zero-order valence-corrected chi connectivity index (χ0v) is 20.0. The summed E-state index contributed by atoms with van der Waals surface area (Å²) in [5.41, 5.74) is 9.24. The number of hydrogen-bond donors (Lipinski definition) is 3. The summed E-state index contributed by atoms with van der Waals surface area (Å²) in [5.74, 6) is -0.526. The summed E-state index contributed by atoms with van der Waals surface area (Å²) in [6.07, 6.45) is 1.88. The molecule has 2 aromatic carbocycles. The number of methoxy groups -OCH3 is 1. The number of non-ortho nitro benzene ring substituents is 1. The third-order valence-electron chi connectivity index (χ3n) is 5.81. The van der Waals surface area contributed by atoms with Crippen LogP contribution in [0.25, 0.3) is 0 Å². The molecule has 3 aromatic rings. The third kappa shape index (κ3) is 5.48. The Kier molecular flexibility index (Phi) is 7.28. The summed E-state index contributed by atoms with van der Waals surface area (Å²) >= 11 is 0. The van der Waals surface area contributed by atoms with Crippen molar-refractivity contribution in [2.75, 3.05) is 7.11 Å². The second-order valence-electron chi connectivity index (χ2n) is 8.15. The van der Waals surface area contributed by atoms with Crippen molar-refractivity contribution >= 4 is 29.1 Å². The van der Waals surface area contributed by atoms with Crippen LogP contribution in [-0.4, -0.2) is 35.5 Å². The molecule has 0 radical (unpaired) electrons. The van der Waals surface area contributed by atoms with Gasteiger partial charge in [-0.05, 0) is 56.2 Å². The summed E-state index contributed by atoms with van der Waals surface area (Å²) in [4.78, 5) is 47.7. The lowest BCUT2D eigenvalue weighted by Gasteiger charge is -2.13. The highest BCUT2D eigenvalue weighted by molar-refractivity contribution is 6.07. The molecule has 0 aliphatic heterocycles. The minimum absolute atomic E-state index is 0.00470. The first-order valence-corrected chi connectivity index (χ1v) is 11.3. The predicted molar refractivity (Wildman–Crippen MR) is 131 cm³/mol. The van der Waals surface area contributed by atoms with Crippen LogP contribution in [0.5, 0.6) is 5.75 Å². The fourth-order valence-corrected chi connectivity index (χ4v) is 3.90. The van der Waals surface area contributed by atoms with Gasteiger partial charge in [0.2, 0.25) is 0 Å². The Hall–Kier alpha value is -5.00. The Bertz CT molecular complexity index is 1390. The van der Waals surface area contributed by atoms with E-state index >= 15 is 0 Å². The van der Waals surface area contributed by atoms with E-state index in [1.807, 2.05) is 0 Å². The normalized spacial score (nSPS) is 13.4. The summed E-state index contributed by atoms with van der Waals surface area (Å²) in [7, 11) is 1.54. The Balaban J connectivity index is 1.44. The van der Waals surface area contributed by atoms with Crippen molar-refractivity contribution in [1.82, 2.24) is 16.3 Å². The molecule has 3 N–H and O–H groups in total. The first-order valence-electron chi connectivity index (χ1n) is 11.3. The molecule has 0 spiro atoms. The molecular weight excluding hydrogens is 482 g/mol. The predicted octanol–water partition coefficient (Wildman–Crippen LogP) is 3.05. The monoisotopic (exact) mass is 505 g/mol. The number of amides is 3. The van der Waals surface area contributed by atoms with Crippen LogP contribution in [0, 0.1) is 17.0 Å². The van der Waals surface area contributed by atoms with Crippen molar-refractivity contribution in [1.29, 1.82) is 0 Å².